The molecule has 378 valence electrons. The highest BCUT2D eigenvalue weighted by atomic mass is 32.2. The summed E-state index contributed by atoms with van der Waals surface area (Å²) in [6.45, 7) is 27.6. The highest BCUT2D eigenvalue weighted by Crippen LogP contribution is 2.65. The summed E-state index contributed by atoms with van der Waals surface area (Å²) in [6.07, 6.45) is 0. The third-order valence-corrected chi connectivity index (χ3v) is 17.5. The van der Waals surface area contributed by atoms with E-state index in [1.165, 1.54) is 87.0 Å². The molecule has 12 rings (SSSR count). The number of benzene rings is 10. The molecular formula is C73H70N2S. The smallest absolute Gasteiger partial charge is 0.0742 e. The summed E-state index contributed by atoms with van der Waals surface area (Å²) in [4.78, 5) is 7.55. The Morgan fingerprint density at radius 2 is 0.724 bits per heavy atom. The van der Waals surface area contributed by atoms with Gasteiger partial charge in [-0.15, -0.1) is 0 Å². The van der Waals surface area contributed by atoms with Gasteiger partial charge in [0.05, 0.1) is 5.41 Å². The molecule has 0 bridgehead atoms. The predicted octanol–water partition coefficient (Wildman–Crippen LogP) is 21.0. The monoisotopic (exact) mass is 1010 g/mol. The SMILES string of the molecule is CC(C)(C)c1ccc(N(c2cccc(C(C)(C)C)c2)c2ccc3c(c2)C2(c4ccccc4Sc4ccccc42)c2c-3c3ccccc3c3cc(N(c4ccc(C(C)(C)C)cc4)c4cccc(C(C)(C)C)c4)ccc23)cc1. The van der Waals surface area contributed by atoms with Crippen LogP contribution in [-0.4, -0.2) is 0 Å². The lowest BCUT2D eigenvalue weighted by Gasteiger charge is -2.40. The molecule has 0 radical (unpaired) electrons. The Morgan fingerprint density at radius 1 is 0.303 bits per heavy atom. The summed E-state index contributed by atoms with van der Waals surface area (Å²) >= 11 is 1.90. The maximum Gasteiger partial charge on any atom is 0.0742 e. The summed E-state index contributed by atoms with van der Waals surface area (Å²) in [5.74, 6) is 0. The Labute approximate surface area is 456 Å². The van der Waals surface area contributed by atoms with Crippen LogP contribution >= 0.6 is 11.8 Å². The average Bonchev–Trinajstić information content (AvgIpc) is 3.87. The molecule has 76 heavy (non-hydrogen) atoms. The van der Waals surface area contributed by atoms with Gasteiger partial charge in [0.2, 0.25) is 0 Å². The highest BCUT2D eigenvalue weighted by molar-refractivity contribution is 7.99. The summed E-state index contributed by atoms with van der Waals surface area (Å²) in [5.41, 5.74) is 19.4. The normalized spacial score (nSPS) is 13.8. The van der Waals surface area contributed by atoms with E-state index >= 15 is 0 Å². The van der Waals surface area contributed by atoms with Gasteiger partial charge in [0, 0.05) is 43.9 Å². The Balaban J connectivity index is 1.16. The van der Waals surface area contributed by atoms with Crippen LogP contribution < -0.4 is 9.80 Å². The fraction of sp³-hybridized carbons (Fsp3) is 0.233. The lowest BCUT2D eigenvalue weighted by Crippen LogP contribution is -2.32. The van der Waals surface area contributed by atoms with E-state index in [0.29, 0.717) is 0 Å². The van der Waals surface area contributed by atoms with E-state index in [2.05, 4.69) is 299 Å². The van der Waals surface area contributed by atoms with Crippen molar-refractivity contribution in [2.45, 2.75) is 120 Å². The van der Waals surface area contributed by atoms with Crippen LogP contribution in [0.2, 0.25) is 0 Å². The van der Waals surface area contributed by atoms with Gasteiger partial charge in [-0.1, -0.05) is 216 Å². The number of rotatable bonds is 6. The zero-order chi connectivity index (χ0) is 53.1. The average molecular weight is 1010 g/mol. The second kappa shape index (κ2) is 17.9. The van der Waals surface area contributed by atoms with Crippen LogP contribution in [0.1, 0.15) is 128 Å². The van der Waals surface area contributed by atoms with Crippen LogP contribution in [0.3, 0.4) is 0 Å². The standard InChI is InChI=1S/C73H70N2S/c1-69(2,3)47-31-35-51(36-32-47)74(53-23-19-21-49(43-53)71(7,8)9)55-39-41-59-61(45-55)57-25-13-14-26-58(57)67-60-42-40-56(46-64(60)73(68(59)67)62-27-15-17-29-65(62)76-66-30-18-16-28-63(66)73)75(52-37-33-48(34-38-52)70(4,5)6)54-24-20-22-50(44-54)72(10,11)12/h13-46H,1-12H3. The van der Waals surface area contributed by atoms with Gasteiger partial charge in [0.1, 0.15) is 0 Å². The van der Waals surface area contributed by atoms with E-state index in [4.69, 9.17) is 0 Å². The lowest BCUT2D eigenvalue weighted by molar-refractivity contribution is 0.590. The Bertz CT molecular complexity index is 3840. The van der Waals surface area contributed by atoms with Crippen LogP contribution in [0.4, 0.5) is 34.1 Å². The minimum atomic E-state index is -0.651. The minimum Gasteiger partial charge on any atom is -0.310 e. The van der Waals surface area contributed by atoms with Gasteiger partial charge in [-0.2, -0.15) is 0 Å². The van der Waals surface area contributed by atoms with E-state index in [-0.39, 0.29) is 21.7 Å². The second-order valence-electron chi connectivity index (χ2n) is 25.5. The molecule has 0 saturated carbocycles. The summed E-state index contributed by atoms with van der Waals surface area (Å²) < 4.78 is 0. The molecule has 0 unspecified atom stereocenters. The van der Waals surface area contributed by atoms with Crippen molar-refractivity contribution in [3.05, 3.63) is 251 Å². The second-order valence-corrected chi connectivity index (χ2v) is 26.5. The molecule has 1 heterocycles. The van der Waals surface area contributed by atoms with Crippen molar-refractivity contribution >= 4 is 67.4 Å². The third kappa shape index (κ3) is 8.16. The molecule has 1 aliphatic heterocycles. The highest BCUT2D eigenvalue weighted by Gasteiger charge is 2.52. The predicted molar refractivity (Wildman–Crippen MR) is 327 cm³/mol. The van der Waals surface area contributed by atoms with Crippen LogP contribution in [-0.2, 0) is 27.1 Å². The molecule has 0 fully saturated rings. The largest absolute Gasteiger partial charge is 0.310 e. The summed E-state index contributed by atoms with van der Waals surface area (Å²) in [5, 5.41) is 5.04. The van der Waals surface area contributed by atoms with E-state index in [0.717, 1.165) is 34.1 Å². The molecule has 3 heteroatoms. The van der Waals surface area contributed by atoms with E-state index in [1.807, 2.05) is 11.8 Å². The molecule has 0 amide bonds. The van der Waals surface area contributed by atoms with Crippen molar-refractivity contribution in [3.8, 4) is 11.1 Å². The van der Waals surface area contributed by atoms with Crippen molar-refractivity contribution in [2.24, 2.45) is 0 Å². The number of fused-ring (bicyclic) bond motifs is 14. The molecule has 0 saturated heterocycles. The topological polar surface area (TPSA) is 6.48 Å². The van der Waals surface area contributed by atoms with Gasteiger partial charge >= 0.3 is 0 Å². The van der Waals surface area contributed by atoms with Crippen molar-refractivity contribution in [3.63, 3.8) is 0 Å². The fourth-order valence-electron chi connectivity index (χ4n) is 12.2. The van der Waals surface area contributed by atoms with Crippen molar-refractivity contribution in [2.75, 3.05) is 9.80 Å². The molecule has 1 aliphatic carbocycles. The zero-order valence-corrected chi connectivity index (χ0v) is 47.2. The van der Waals surface area contributed by atoms with Gasteiger partial charge < -0.3 is 9.80 Å². The maximum atomic E-state index is 2.56. The van der Waals surface area contributed by atoms with E-state index < -0.39 is 5.41 Å². The number of hydrogen-bond donors (Lipinski definition) is 0. The molecule has 1 spiro atoms. The molecule has 10 aromatic carbocycles. The molecule has 0 atom stereocenters. The number of anilines is 6. The van der Waals surface area contributed by atoms with Crippen LogP contribution in [0.15, 0.2) is 216 Å². The number of hydrogen-bond acceptors (Lipinski definition) is 3. The summed E-state index contributed by atoms with van der Waals surface area (Å²) in [7, 11) is 0. The van der Waals surface area contributed by atoms with Crippen molar-refractivity contribution < 1.29 is 0 Å². The molecule has 10 aromatic rings. The minimum absolute atomic E-state index is 0.0175. The van der Waals surface area contributed by atoms with Gasteiger partial charge in [0.15, 0.2) is 0 Å². The van der Waals surface area contributed by atoms with Gasteiger partial charge in [0.25, 0.3) is 0 Å². The Kier molecular flexibility index (Phi) is 11.7. The van der Waals surface area contributed by atoms with Crippen LogP contribution in [0, 0.1) is 0 Å². The van der Waals surface area contributed by atoms with Crippen LogP contribution in [0.5, 0.6) is 0 Å². The first-order valence-electron chi connectivity index (χ1n) is 27.2. The first-order valence-corrected chi connectivity index (χ1v) is 28.1. The Hall–Kier alpha value is -7.33. The third-order valence-electron chi connectivity index (χ3n) is 16.3. The Morgan fingerprint density at radius 3 is 1.22 bits per heavy atom. The lowest BCUT2D eigenvalue weighted by atomic mass is 9.66. The van der Waals surface area contributed by atoms with Crippen molar-refractivity contribution in [1.29, 1.82) is 0 Å². The zero-order valence-electron chi connectivity index (χ0n) is 46.4. The quantitative estimate of drug-likeness (QED) is 0.153. The van der Waals surface area contributed by atoms with Gasteiger partial charge in [-0.05, 0) is 184 Å². The molecule has 2 nitrogen and oxygen atoms in total. The first kappa shape index (κ1) is 49.5. The molecule has 0 N–H and O–H groups in total. The summed E-state index contributed by atoms with van der Waals surface area (Å²) in [6, 6.07) is 79.3. The number of nitrogens with zero attached hydrogens (tertiary/aromatic N) is 2. The van der Waals surface area contributed by atoms with Crippen molar-refractivity contribution in [1.82, 2.24) is 0 Å². The first-order chi connectivity index (χ1) is 36.2. The van der Waals surface area contributed by atoms with Gasteiger partial charge in [-0.3, -0.25) is 0 Å². The molecule has 2 aliphatic rings. The van der Waals surface area contributed by atoms with E-state index in [9.17, 15) is 0 Å². The molecule has 0 aromatic heterocycles. The van der Waals surface area contributed by atoms with E-state index in [1.54, 1.807) is 0 Å². The van der Waals surface area contributed by atoms with Gasteiger partial charge in [-0.25, -0.2) is 0 Å². The fourth-order valence-corrected chi connectivity index (χ4v) is 13.4. The molecular weight excluding hydrogens is 937 g/mol. The van der Waals surface area contributed by atoms with Crippen LogP contribution in [0.25, 0.3) is 32.7 Å². The maximum absolute atomic E-state index is 2.56.